The lowest BCUT2D eigenvalue weighted by Gasteiger charge is -2.26. The predicted molar refractivity (Wildman–Crippen MR) is 142 cm³/mol. The van der Waals surface area contributed by atoms with Crippen LogP contribution in [0.4, 0.5) is 5.69 Å². The normalized spacial score (nSPS) is 17.6. The van der Waals surface area contributed by atoms with Gasteiger partial charge in [0.25, 0.3) is 11.8 Å². The van der Waals surface area contributed by atoms with Gasteiger partial charge in [-0.05, 0) is 66.8 Å². The van der Waals surface area contributed by atoms with Crippen molar-refractivity contribution in [3.63, 3.8) is 0 Å². The Balaban J connectivity index is 1.33. The molecule has 0 unspecified atom stereocenters. The molecule has 1 fully saturated rings. The van der Waals surface area contributed by atoms with Crippen LogP contribution in [0.15, 0.2) is 72.8 Å². The number of carbonyl (C=O) groups is 3. The van der Waals surface area contributed by atoms with Crippen LogP contribution in [0.3, 0.4) is 0 Å². The molecule has 1 saturated heterocycles. The topological polar surface area (TPSA) is 79.0 Å². The highest BCUT2D eigenvalue weighted by molar-refractivity contribution is 6.11. The molecule has 37 heavy (non-hydrogen) atoms. The van der Waals surface area contributed by atoms with Crippen molar-refractivity contribution in [3.05, 3.63) is 95.1 Å². The Morgan fingerprint density at radius 3 is 2.46 bits per heavy atom. The lowest BCUT2D eigenvalue weighted by molar-refractivity contribution is -0.122. The van der Waals surface area contributed by atoms with Gasteiger partial charge in [0.2, 0.25) is 5.91 Å². The van der Waals surface area contributed by atoms with E-state index in [9.17, 15) is 14.4 Å². The molecule has 0 spiro atoms. The molecule has 7 heteroatoms. The first-order valence-electron chi connectivity index (χ1n) is 12.7. The monoisotopic (exact) mass is 497 g/mol. The van der Waals surface area contributed by atoms with Crippen molar-refractivity contribution < 1.29 is 19.1 Å². The summed E-state index contributed by atoms with van der Waals surface area (Å²) in [5.41, 5.74) is 3.65. The van der Waals surface area contributed by atoms with Crippen LogP contribution < -0.4 is 15.0 Å². The Labute approximate surface area is 217 Å². The maximum absolute atomic E-state index is 13.5. The van der Waals surface area contributed by atoms with E-state index in [1.807, 2.05) is 61.5 Å². The molecule has 3 amide bonds. The van der Waals surface area contributed by atoms with Gasteiger partial charge < -0.3 is 19.9 Å². The van der Waals surface area contributed by atoms with Gasteiger partial charge in [-0.25, -0.2) is 0 Å². The Morgan fingerprint density at radius 1 is 1.03 bits per heavy atom. The third kappa shape index (κ3) is 4.81. The second-order valence-electron chi connectivity index (χ2n) is 9.50. The third-order valence-electron chi connectivity index (χ3n) is 7.28. The predicted octanol–water partition coefficient (Wildman–Crippen LogP) is 4.73. The number of nitrogens with one attached hydrogen (secondary N) is 1. The van der Waals surface area contributed by atoms with Gasteiger partial charge >= 0.3 is 0 Å². The van der Waals surface area contributed by atoms with E-state index in [4.69, 9.17) is 4.74 Å². The molecule has 0 aliphatic carbocycles. The summed E-state index contributed by atoms with van der Waals surface area (Å²) in [6.07, 6.45) is 2.27. The maximum Gasteiger partial charge on any atom is 0.256 e. The van der Waals surface area contributed by atoms with Crippen molar-refractivity contribution in [2.75, 3.05) is 18.6 Å². The first-order chi connectivity index (χ1) is 18.0. The minimum absolute atomic E-state index is 0.0529. The van der Waals surface area contributed by atoms with Crippen LogP contribution in [-0.2, 0) is 11.3 Å². The zero-order chi connectivity index (χ0) is 25.9. The minimum atomic E-state index is -0.422. The van der Waals surface area contributed by atoms with Gasteiger partial charge in [0.15, 0.2) is 0 Å². The number of rotatable bonds is 7. The number of benzene rings is 3. The zero-order valence-electron chi connectivity index (χ0n) is 21.1. The van der Waals surface area contributed by atoms with E-state index in [1.54, 1.807) is 35.1 Å². The molecule has 3 aromatic carbocycles. The highest BCUT2D eigenvalue weighted by atomic mass is 16.5. The molecule has 5 rings (SSSR count). The molecule has 0 saturated carbocycles. The second kappa shape index (κ2) is 10.5. The number of nitrogens with zero attached hydrogens (tertiary/aromatic N) is 2. The van der Waals surface area contributed by atoms with Crippen LogP contribution in [0.2, 0.25) is 0 Å². The average Bonchev–Trinajstić information content (AvgIpc) is 3.42. The van der Waals surface area contributed by atoms with Crippen LogP contribution in [-0.4, -0.2) is 42.3 Å². The van der Waals surface area contributed by atoms with Crippen molar-refractivity contribution in [1.29, 1.82) is 0 Å². The Morgan fingerprint density at radius 2 is 1.76 bits per heavy atom. The quantitative estimate of drug-likeness (QED) is 0.512. The summed E-state index contributed by atoms with van der Waals surface area (Å²) in [5, 5.41) is 3.11. The van der Waals surface area contributed by atoms with Crippen molar-refractivity contribution in [2.45, 2.75) is 44.8 Å². The van der Waals surface area contributed by atoms with Crippen LogP contribution in [0, 0.1) is 0 Å². The fourth-order valence-corrected chi connectivity index (χ4v) is 5.22. The number of para-hydroxylation sites is 1. The van der Waals surface area contributed by atoms with Gasteiger partial charge in [0, 0.05) is 12.1 Å². The van der Waals surface area contributed by atoms with Crippen LogP contribution in [0.25, 0.3) is 0 Å². The van der Waals surface area contributed by atoms with Crippen LogP contribution in [0.5, 0.6) is 5.75 Å². The van der Waals surface area contributed by atoms with Gasteiger partial charge in [-0.1, -0.05) is 43.3 Å². The number of hydrogen-bond donors (Lipinski definition) is 1. The first kappa shape index (κ1) is 24.6. The SMILES string of the molecule is CC[C@@H](NC(=O)c1ccc(CN2C(=O)[C@H]3CCCN3C(=O)c3ccccc32)cc1)c1ccc(OC)cc1. The molecule has 190 valence electrons. The van der Waals surface area contributed by atoms with Crippen molar-refractivity contribution in [2.24, 2.45) is 0 Å². The number of amides is 3. The summed E-state index contributed by atoms with van der Waals surface area (Å²) in [6.45, 7) is 2.97. The second-order valence-corrected chi connectivity index (χ2v) is 9.50. The molecule has 2 heterocycles. The molecule has 0 bridgehead atoms. The Hall–Kier alpha value is -4.13. The summed E-state index contributed by atoms with van der Waals surface area (Å²) in [6, 6.07) is 21.8. The van der Waals surface area contributed by atoms with E-state index >= 15 is 0 Å². The first-order valence-corrected chi connectivity index (χ1v) is 12.7. The number of anilines is 1. The van der Waals surface area contributed by atoms with Gasteiger partial charge in [-0.2, -0.15) is 0 Å². The Kier molecular flexibility index (Phi) is 6.95. The van der Waals surface area contributed by atoms with E-state index in [0.717, 1.165) is 29.7 Å². The highest BCUT2D eigenvalue weighted by Crippen LogP contribution is 2.33. The third-order valence-corrected chi connectivity index (χ3v) is 7.28. The molecule has 1 N–H and O–H groups in total. The van der Waals surface area contributed by atoms with E-state index in [2.05, 4.69) is 5.32 Å². The smallest absolute Gasteiger partial charge is 0.256 e. The molecule has 3 aromatic rings. The molecular formula is C30H31N3O4. The Bertz CT molecular complexity index is 1300. The standard InChI is InChI=1S/C30H31N3O4/c1-3-25(21-14-16-23(37-2)17-15-21)31-28(34)22-12-10-20(11-13-22)19-33-26-8-5-4-7-24(26)29(35)32-18-6-9-27(32)30(33)36/h4-5,7-8,10-17,25,27H,3,6,9,18-19H2,1-2H3,(H,31,34)/t25-,27-/m1/s1. The van der Waals surface area contributed by atoms with Crippen LogP contribution >= 0.6 is 0 Å². The molecule has 7 nitrogen and oxygen atoms in total. The summed E-state index contributed by atoms with van der Waals surface area (Å²) < 4.78 is 5.23. The highest BCUT2D eigenvalue weighted by Gasteiger charge is 2.41. The van der Waals surface area contributed by atoms with Crippen molar-refractivity contribution >= 4 is 23.4 Å². The van der Waals surface area contributed by atoms with Crippen molar-refractivity contribution in [1.82, 2.24) is 10.2 Å². The lowest BCUT2D eigenvalue weighted by Crippen LogP contribution is -2.44. The summed E-state index contributed by atoms with van der Waals surface area (Å²) in [4.78, 5) is 43.0. The van der Waals surface area contributed by atoms with Crippen LogP contribution in [0.1, 0.15) is 64.1 Å². The zero-order valence-corrected chi connectivity index (χ0v) is 21.1. The number of ether oxygens (including phenoxy) is 1. The molecule has 0 aromatic heterocycles. The van der Waals surface area contributed by atoms with Gasteiger partial charge in [0.1, 0.15) is 11.8 Å². The van der Waals surface area contributed by atoms with Gasteiger partial charge in [-0.3, -0.25) is 14.4 Å². The number of fused-ring (bicyclic) bond motifs is 2. The molecule has 2 atom stereocenters. The molecule has 0 radical (unpaired) electrons. The van der Waals surface area contributed by atoms with Gasteiger partial charge in [-0.15, -0.1) is 0 Å². The van der Waals surface area contributed by atoms with E-state index in [0.29, 0.717) is 36.3 Å². The largest absolute Gasteiger partial charge is 0.497 e. The fraction of sp³-hybridized carbons (Fsp3) is 0.300. The summed E-state index contributed by atoms with van der Waals surface area (Å²) in [7, 11) is 1.63. The van der Waals surface area contributed by atoms with E-state index in [1.165, 1.54) is 0 Å². The number of carbonyl (C=O) groups excluding carboxylic acids is 3. The molecule has 2 aliphatic heterocycles. The fourth-order valence-electron chi connectivity index (χ4n) is 5.22. The summed E-state index contributed by atoms with van der Waals surface area (Å²) >= 11 is 0. The average molecular weight is 498 g/mol. The minimum Gasteiger partial charge on any atom is -0.497 e. The van der Waals surface area contributed by atoms with Gasteiger partial charge in [0.05, 0.1) is 30.9 Å². The maximum atomic E-state index is 13.5. The molecule has 2 aliphatic rings. The van der Waals surface area contributed by atoms with E-state index in [-0.39, 0.29) is 23.8 Å². The number of hydrogen-bond acceptors (Lipinski definition) is 4. The lowest BCUT2D eigenvalue weighted by atomic mass is 10.0. The number of methoxy groups -OCH3 is 1. The van der Waals surface area contributed by atoms with Crippen molar-refractivity contribution in [3.8, 4) is 5.75 Å². The summed E-state index contributed by atoms with van der Waals surface area (Å²) in [5.74, 6) is 0.486. The molecular weight excluding hydrogens is 466 g/mol. The van der Waals surface area contributed by atoms with E-state index < -0.39 is 6.04 Å².